The maximum atomic E-state index is 11.9. The molecule has 0 bridgehead atoms. The van der Waals surface area contributed by atoms with Crippen molar-refractivity contribution < 1.29 is 9.53 Å². The van der Waals surface area contributed by atoms with Gasteiger partial charge in [0, 0.05) is 28.3 Å². The molecule has 6 atom stereocenters. The second-order valence-corrected chi connectivity index (χ2v) is 10.3. The van der Waals surface area contributed by atoms with E-state index in [4.69, 9.17) is 10.3 Å². The van der Waals surface area contributed by atoms with Gasteiger partial charge < -0.3 is 9.30 Å². The quantitative estimate of drug-likeness (QED) is 0.204. The van der Waals surface area contributed by atoms with E-state index in [2.05, 4.69) is 41.0 Å². The van der Waals surface area contributed by atoms with Crippen LogP contribution in [0.15, 0.2) is 35.4 Å². The van der Waals surface area contributed by atoms with Crippen LogP contribution in [-0.4, -0.2) is 28.7 Å². The minimum Gasteiger partial charge on any atom is -0.464 e. The van der Waals surface area contributed by atoms with Crippen LogP contribution in [0.25, 0.3) is 16.1 Å². The van der Waals surface area contributed by atoms with Crippen molar-refractivity contribution in [2.24, 2.45) is 33.7 Å². The molecule has 7 nitrogen and oxygen atoms in total. The van der Waals surface area contributed by atoms with Crippen LogP contribution < -0.4 is 0 Å². The first-order valence-electron chi connectivity index (χ1n) is 11.5. The summed E-state index contributed by atoms with van der Waals surface area (Å²) in [7, 11) is 1.39. The molecular formula is C24H31N5O2. The first-order chi connectivity index (χ1) is 14.9. The smallest absolute Gasteiger partial charge is 0.358 e. The van der Waals surface area contributed by atoms with Gasteiger partial charge in [0.15, 0.2) is 5.69 Å². The fourth-order valence-electron chi connectivity index (χ4n) is 7.42. The zero-order valence-corrected chi connectivity index (χ0v) is 18.6. The van der Waals surface area contributed by atoms with E-state index in [1.54, 1.807) is 6.33 Å². The van der Waals surface area contributed by atoms with Gasteiger partial charge in [0.05, 0.1) is 13.4 Å². The lowest BCUT2D eigenvalue weighted by molar-refractivity contribution is -0.0127. The molecule has 4 unspecified atom stereocenters. The lowest BCUT2D eigenvalue weighted by Crippen LogP contribution is -2.49. The molecule has 164 valence electrons. The average molecular weight is 422 g/mol. The second-order valence-electron chi connectivity index (χ2n) is 10.3. The number of nitrogens with zero attached hydrogens (tertiary/aromatic N) is 5. The number of imidazole rings is 1. The molecule has 1 heterocycles. The summed E-state index contributed by atoms with van der Waals surface area (Å²) in [5, 5.41) is 4.03. The number of allylic oxidation sites excluding steroid dienone is 3. The van der Waals surface area contributed by atoms with Gasteiger partial charge in [-0.2, -0.15) is 0 Å². The third-order valence-electron chi connectivity index (χ3n) is 9.09. The number of hydrogen-bond acceptors (Lipinski definition) is 4. The summed E-state index contributed by atoms with van der Waals surface area (Å²) < 4.78 is 6.88. The van der Waals surface area contributed by atoms with Gasteiger partial charge in [0.2, 0.25) is 0 Å². The monoisotopic (exact) mass is 421 g/mol. The highest BCUT2D eigenvalue weighted by molar-refractivity contribution is 5.87. The minimum atomic E-state index is -0.392. The molecule has 7 heteroatoms. The summed E-state index contributed by atoms with van der Waals surface area (Å²) in [6.07, 6.45) is 16.1. The predicted octanol–water partition coefficient (Wildman–Crippen LogP) is 5.76. The fraction of sp³-hybridized carbons (Fsp3) is 0.667. The molecule has 1 aromatic rings. The maximum Gasteiger partial charge on any atom is 0.358 e. The van der Waals surface area contributed by atoms with Crippen LogP contribution in [0.1, 0.15) is 69.3 Å². The number of fused-ring (bicyclic) bond motifs is 5. The first kappa shape index (κ1) is 20.4. The normalized spacial score (nSPS) is 38.7. The van der Waals surface area contributed by atoms with Gasteiger partial charge in [-0.3, -0.25) is 0 Å². The van der Waals surface area contributed by atoms with E-state index >= 15 is 0 Å². The second kappa shape index (κ2) is 7.27. The molecule has 4 aliphatic rings. The van der Waals surface area contributed by atoms with Crippen molar-refractivity contribution in [3.05, 3.63) is 46.4 Å². The number of carbonyl (C=O) groups excluding carboxylic acids is 1. The van der Waals surface area contributed by atoms with E-state index in [9.17, 15) is 4.79 Å². The number of aromatic nitrogens is 2. The van der Waals surface area contributed by atoms with Crippen LogP contribution in [-0.2, 0) is 4.74 Å². The Morgan fingerprint density at radius 3 is 2.81 bits per heavy atom. The van der Waals surface area contributed by atoms with Gasteiger partial charge in [-0.25, -0.2) is 9.78 Å². The van der Waals surface area contributed by atoms with Gasteiger partial charge in [0.25, 0.3) is 0 Å². The topological polar surface area (TPSA) is 92.9 Å². The summed E-state index contributed by atoms with van der Waals surface area (Å²) in [5.74, 6) is 1.58. The molecule has 1 aromatic heterocycles. The predicted molar refractivity (Wildman–Crippen MR) is 118 cm³/mol. The molecule has 0 saturated heterocycles. The molecule has 0 aliphatic heterocycles. The third kappa shape index (κ3) is 2.97. The molecule has 31 heavy (non-hydrogen) atoms. The van der Waals surface area contributed by atoms with Gasteiger partial charge in [-0.1, -0.05) is 36.7 Å². The average Bonchev–Trinajstić information content (AvgIpc) is 3.37. The van der Waals surface area contributed by atoms with Crippen LogP contribution in [0.3, 0.4) is 0 Å². The van der Waals surface area contributed by atoms with Gasteiger partial charge in [-0.15, -0.1) is 0 Å². The Morgan fingerprint density at radius 1 is 1.23 bits per heavy atom. The van der Waals surface area contributed by atoms with Crippen molar-refractivity contribution in [2.75, 3.05) is 7.11 Å². The third-order valence-corrected chi connectivity index (χ3v) is 9.09. The lowest BCUT2D eigenvalue weighted by atomic mass is 9.47. The largest absolute Gasteiger partial charge is 0.464 e. The SMILES string of the molecule is COC(=O)c1cn(C2=CCC3C4CC=C5CC(N=[N+]=[N-])CC[C@]5(C)C4CC[C@]23C)cn1. The van der Waals surface area contributed by atoms with E-state index < -0.39 is 5.97 Å². The van der Waals surface area contributed by atoms with Gasteiger partial charge in [0.1, 0.15) is 0 Å². The van der Waals surface area contributed by atoms with Crippen LogP contribution in [0.2, 0.25) is 0 Å². The zero-order valence-electron chi connectivity index (χ0n) is 18.6. The Labute approximate surface area is 183 Å². The molecule has 2 saturated carbocycles. The van der Waals surface area contributed by atoms with Crippen molar-refractivity contribution in [3.8, 4) is 0 Å². The van der Waals surface area contributed by atoms with Gasteiger partial charge >= 0.3 is 5.97 Å². The molecule has 0 radical (unpaired) electrons. The Hall–Kier alpha value is -2.53. The number of rotatable bonds is 3. The molecule has 2 fully saturated rings. The Bertz CT molecular complexity index is 1020. The lowest BCUT2D eigenvalue weighted by Gasteiger charge is -2.57. The highest BCUT2D eigenvalue weighted by atomic mass is 16.5. The summed E-state index contributed by atoms with van der Waals surface area (Å²) in [4.78, 5) is 19.2. The maximum absolute atomic E-state index is 11.9. The number of hydrogen-bond donors (Lipinski definition) is 0. The van der Waals surface area contributed by atoms with Crippen molar-refractivity contribution in [1.29, 1.82) is 0 Å². The summed E-state index contributed by atoms with van der Waals surface area (Å²) in [6.45, 7) is 4.87. The molecule has 4 aliphatic carbocycles. The van der Waals surface area contributed by atoms with E-state index in [1.165, 1.54) is 24.8 Å². The van der Waals surface area contributed by atoms with Crippen LogP contribution in [0.5, 0.6) is 0 Å². The van der Waals surface area contributed by atoms with E-state index in [-0.39, 0.29) is 16.9 Å². The Balaban J connectivity index is 1.41. The number of azide groups is 1. The number of ether oxygens (including phenoxy) is 1. The molecule has 0 N–H and O–H groups in total. The van der Waals surface area contributed by atoms with Crippen molar-refractivity contribution in [3.63, 3.8) is 0 Å². The number of carbonyl (C=O) groups is 1. The molecule has 0 aromatic carbocycles. The number of methoxy groups -OCH3 is 1. The Kier molecular flexibility index (Phi) is 4.78. The zero-order chi connectivity index (χ0) is 21.8. The van der Waals surface area contributed by atoms with Crippen molar-refractivity contribution in [2.45, 2.75) is 64.8 Å². The number of esters is 1. The van der Waals surface area contributed by atoms with E-state index in [1.807, 2.05) is 10.8 Å². The summed E-state index contributed by atoms with van der Waals surface area (Å²) in [5.41, 5.74) is 12.4. The standard InChI is InChI=1S/C24H31N5O2/c1-23-10-8-16(27-28-25)12-15(23)4-5-17-18-6-7-21(24(18,2)11-9-19(17)23)29-13-20(26-14-29)22(30)31-3/h4,7,13-14,16-19H,5-6,8-12H2,1-3H3/t16?,17?,18?,19?,23-,24-/m0/s1. The first-order valence-corrected chi connectivity index (χ1v) is 11.5. The molecule has 0 amide bonds. The van der Waals surface area contributed by atoms with Crippen molar-refractivity contribution >= 4 is 11.7 Å². The molecule has 5 rings (SSSR count). The Morgan fingerprint density at radius 2 is 2.03 bits per heavy atom. The summed E-state index contributed by atoms with van der Waals surface area (Å²) in [6, 6.07) is 0.125. The highest BCUT2D eigenvalue weighted by Gasteiger charge is 2.57. The van der Waals surface area contributed by atoms with E-state index in [0.29, 0.717) is 23.4 Å². The molecular weight excluding hydrogens is 390 g/mol. The fourth-order valence-corrected chi connectivity index (χ4v) is 7.42. The van der Waals surface area contributed by atoms with Gasteiger partial charge in [-0.05, 0) is 73.6 Å². The van der Waals surface area contributed by atoms with Crippen molar-refractivity contribution in [1.82, 2.24) is 9.55 Å². The van der Waals surface area contributed by atoms with Crippen LogP contribution >= 0.6 is 0 Å². The minimum absolute atomic E-state index is 0.0965. The van der Waals surface area contributed by atoms with Crippen LogP contribution in [0.4, 0.5) is 0 Å². The molecule has 0 spiro atoms. The van der Waals surface area contributed by atoms with E-state index in [0.717, 1.165) is 38.5 Å². The van der Waals surface area contributed by atoms with Crippen LogP contribution in [0, 0.1) is 28.6 Å². The summed E-state index contributed by atoms with van der Waals surface area (Å²) >= 11 is 0. The highest BCUT2D eigenvalue weighted by Crippen LogP contribution is 2.65.